The highest BCUT2D eigenvalue weighted by atomic mass is 35.5. The fraction of sp³-hybridized carbons (Fsp3) is 0.438. The second kappa shape index (κ2) is 6.96. The van der Waals surface area contributed by atoms with Gasteiger partial charge in [0.2, 0.25) is 5.91 Å². The van der Waals surface area contributed by atoms with Gasteiger partial charge in [-0.2, -0.15) is 0 Å². The van der Waals surface area contributed by atoms with Gasteiger partial charge < -0.3 is 15.7 Å². The SMILES string of the molecule is CC1(C(=O)NCC(O)c2cc3ccccc3s2)CCNC1.Cl. The molecule has 2 unspecified atom stereocenters. The van der Waals surface area contributed by atoms with Crippen molar-refractivity contribution in [1.29, 1.82) is 0 Å². The number of nitrogens with one attached hydrogen (secondary N) is 2. The third kappa shape index (κ3) is 3.43. The van der Waals surface area contributed by atoms with E-state index in [-0.39, 0.29) is 30.3 Å². The molecule has 1 aliphatic rings. The topological polar surface area (TPSA) is 61.4 Å². The van der Waals surface area contributed by atoms with Crippen LogP contribution in [-0.4, -0.2) is 30.6 Å². The Kier molecular flexibility index (Phi) is 5.45. The van der Waals surface area contributed by atoms with E-state index >= 15 is 0 Å². The van der Waals surface area contributed by atoms with Crippen LogP contribution in [0.2, 0.25) is 0 Å². The standard InChI is InChI=1S/C16H20N2O2S.ClH/c1-16(6-7-17-10-16)15(20)18-9-12(19)14-8-11-4-2-3-5-13(11)21-14;/h2-5,8,12,17,19H,6-7,9-10H2,1H3,(H,18,20);1H. The van der Waals surface area contributed by atoms with Crippen molar-refractivity contribution in [1.82, 2.24) is 10.6 Å². The highest BCUT2D eigenvalue weighted by molar-refractivity contribution is 7.19. The molecule has 1 aromatic carbocycles. The molecule has 3 N–H and O–H groups in total. The number of thiophene rings is 1. The number of halogens is 1. The summed E-state index contributed by atoms with van der Waals surface area (Å²) in [5, 5.41) is 17.5. The van der Waals surface area contributed by atoms with E-state index in [0.717, 1.165) is 27.9 Å². The summed E-state index contributed by atoms with van der Waals surface area (Å²) in [7, 11) is 0. The Balaban J connectivity index is 0.00000176. The maximum absolute atomic E-state index is 12.2. The Hall–Kier alpha value is -1.14. The molecule has 3 rings (SSSR count). The molecule has 1 fully saturated rings. The lowest BCUT2D eigenvalue weighted by atomic mass is 9.89. The molecule has 0 aliphatic carbocycles. The van der Waals surface area contributed by atoms with Crippen LogP contribution in [-0.2, 0) is 4.79 Å². The smallest absolute Gasteiger partial charge is 0.227 e. The van der Waals surface area contributed by atoms with Crippen molar-refractivity contribution in [2.24, 2.45) is 5.41 Å². The van der Waals surface area contributed by atoms with Crippen LogP contribution in [0.15, 0.2) is 30.3 Å². The number of carbonyl (C=O) groups excluding carboxylic acids is 1. The van der Waals surface area contributed by atoms with E-state index in [0.29, 0.717) is 6.54 Å². The quantitative estimate of drug-likeness (QED) is 0.801. The van der Waals surface area contributed by atoms with E-state index in [9.17, 15) is 9.90 Å². The summed E-state index contributed by atoms with van der Waals surface area (Å²) in [6, 6.07) is 10.0. The van der Waals surface area contributed by atoms with Crippen LogP contribution >= 0.6 is 23.7 Å². The van der Waals surface area contributed by atoms with E-state index in [4.69, 9.17) is 0 Å². The molecule has 1 aromatic heterocycles. The molecule has 0 radical (unpaired) electrons. The summed E-state index contributed by atoms with van der Waals surface area (Å²) in [5.41, 5.74) is -0.347. The molecule has 2 aromatic rings. The van der Waals surface area contributed by atoms with Crippen molar-refractivity contribution in [3.8, 4) is 0 Å². The van der Waals surface area contributed by atoms with E-state index in [1.807, 2.05) is 37.3 Å². The van der Waals surface area contributed by atoms with Crippen LogP contribution < -0.4 is 10.6 Å². The van der Waals surface area contributed by atoms with Crippen LogP contribution in [0, 0.1) is 5.41 Å². The molecule has 22 heavy (non-hydrogen) atoms. The van der Waals surface area contributed by atoms with Crippen LogP contribution in [0.25, 0.3) is 10.1 Å². The van der Waals surface area contributed by atoms with Gasteiger partial charge in [-0.3, -0.25) is 4.79 Å². The molecule has 6 heteroatoms. The molecule has 0 spiro atoms. The number of hydrogen-bond donors (Lipinski definition) is 3. The largest absolute Gasteiger partial charge is 0.386 e. The molecule has 120 valence electrons. The zero-order chi connectivity index (χ0) is 14.9. The van der Waals surface area contributed by atoms with Crippen molar-refractivity contribution in [3.05, 3.63) is 35.2 Å². The molecule has 2 heterocycles. The Morgan fingerprint density at radius 2 is 2.27 bits per heavy atom. The zero-order valence-corrected chi connectivity index (χ0v) is 14.1. The number of aliphatic hydroxyl groups excluding tert-OH is 1. The first kappa shape index (κ1) is 17.2. The molecule has 1 saturated heterocycles. The van der Waals surface area contributed by atoms with Crippen molar-refractivity contribution in [2.45, 2.75) is 19.4 Å². The van der Waals surface area contributed by atoms with Crippen molar-refractivity contribution >= 4 is 39.7 Å². The summed E-state index contributed by atoms with van der Waals surface area (Å²) < 4.78 is 1.16. The number of amides is 1. The van der Waals surface area contributed by atoms with Crippen molar-refractivity contribution in [2.75, 3.05) is 19.6 Å². The molecular weight excluding hydrogens is 320 g/mol. The number of hydrogen-bond acceptors (Lipinski definition) is 4. The second-order valence-corrected chi connectivity index (χ2v) is 7.02. The monoisotopic (exact) mass is 340 g/mol. The Morgan fingerprint density at radius 1 is 1.50 bits per heavy atom. The lowest BCUT2D eigenvalue weighted by Crippen LogP contribution is -2.41. The van der Waals surface area contributed by atoms with E-state index in [1.54, 1.807) is 11.3 Å². The molecule has 4 nitrogen and oxygen atoms in total. The normalized spacial score (nSPS) is 22.3. The van der Waals surface area contributed by atoms with Gasteiger partial charge in [-0.05, 0) is 37.4 Å². The third-order valence-corrected chi connectivity index (χ3v) is 5.36. The second-order valence-electron chi connectivity index (χ2n) is 5.90. The summed E-state index contributed by atoms with van der Waals surface area (Å²) in [5.74, 6) is 0.0210. The molecule has 2 atom stereocenters. The number of rotatable bonds is 4. The van der Waals surface area contributed by atoms with E-state index in [1.165, 1.54) is 0 Å². The first-order valence-electron chi connectivity index (χ1n) is 7.24. The van der Waals surface area contributed by atoms with Crippen LogP contribution in [0.5, 0.6) is 0 Å². The van der Waals surface area contributed by atoms with Gasteiger partial charge in [0.15, 0.2) is 0 Å². The molecular formula is C16H21ClN2O2S. The van der Waals surface area contributed by atoms with Gasteiger partial charge in [-0.15, -0.1) is 23.7 Å². The number of fused-ring (bicyclic) bond motifs is 1. The van der Waals surface area contributed by atoms with Gasteiger partial charge in [0.1, 0.15) is 6.10 Å². The number of benzene rings is 1. The fourth-order valence-corrected chi connectivity index (χ4v) is 3.73. The summed E-state index contributed by atoms with van der Waals surface area (Å²) >= 11 is 1.57. The molecule has 1 aliphatic heterocycles. The zero-order valence-electron chi connectivity index (χ0n) is 12.5. The maximum Gasteiger partial charge on any atom is 0.227 e. The van der Waals surface area contributed by atoms with Gasteiger partial charge >= 0.3 is 0 Å². The minimum atomic E-state index is -0.649. The average Bonchev–Trinajstić information content (AvgIpc) is 3.11. The fourth-order valence-electron chi connectivity index (χ4n) is 2.68. The van der Waals surface area contributed by atoms with Gasteiger partial charge in [-0.1, -0.05) is 18.2 Å². The van der Waals surface area contributed by atoms with Crippen molar-refractivity contribution < 1.29 is 9.90 Å². The predicted molar refractivity (Wildman–Crippen MR) is 92.6 cm³/mol. The summed E-state index contributed by atoms with van der Waals surface area (Å²) in [6.45, 7) is 3.82. The lowest BCUT2D eigenvalue weighted by molar-refractivity contribution is -0.129. The maximum atomic E-state index is 12.2. The molecule has 1 amide bonds. The highest BCUT2D eigenvalue weighted by Gasteiger charge is 2.36. The minimum absolute atomic E-state index is 0. The van der Waals surface area contributed by atoms with Gasteiger partial charge in [0.05, 0.1) is 5.41 Å². The molecule has 0 bridgehead atoms. The Bertz CT molecular complexity index is 619. The number of carbonyl (C=O) groups is 1. The Labute approximate surface area is 140 Å². The van der Waals surface area contributed by atoms with Crippen LogP contribution in [0.3, 0.4) is 0 Å². The lowest BCUT2D eigenvalue weighted by Gasteiger charge is -2.22. The summed E-state index contributed by atoms with van der Waals surface area (Å²) in [4.78, 5) is 13.1. The first-order valence-corrected chi connectivity index (χ1v) is 8.06. The van der Waals surface area contributed by atoms with Crippen molar-refractivity contribution in [3.63, 3.8) is 0 Å². The van der Waals surface area contributed by atoms with E-state index < -0.39 is 6.10 Å². The van der Waals surface area contributed by atoms with Gasteiger partial charge in [0.25, 0.3) is 0 Å². The van der Waals surface area contributed by atoms with E-state index in [2.05, 4.69) is 10.6 Å². The summed E-state index contributed by atoms with van der Waals surface area (Å²) in [6.07, 6.45) is 0.196. The number of aliphatic hydroxyl groups is 1. The predicted octanol–water partition coefficient (Wildman–Crippen LogP) is 2.47. The third-order valence-electron chi connectivity index (χ3n) is 4.15. The first-order chi connectivity index (χ1) is 10.1. The highest BCUT2D eigenvalue weighted by Crippen LogP contribution is 2.30. The van der Waals surface area contributed by atoms with Gasteiger partial charge in [-0.25, -0.2) is 0 Å². The molecule has 0 saturated carbocycles. The van der Waals surface area contributed by atoms with Gasteiger partial charge in [0, 0.05) is 22.7 Å². The van der Waals surface area contributed by atoms with Crippen LogP contribution in [0.4, 0.5) is 0 Å². The van der Waals surface area contributed by atoms with Crippen LogP contribution in [0.1, 0.15) is 24.3 Å². The minimum Gasteiger partial charge on any atom is -0.386 e. The average molecular weight is 341 g/mol. The Morgan fingerprint density at radius 3 is 2.95 bits per heavy atom.